The van der Waals surface area contributed by atoms with E-state index in [0.717, 1.165) is 0 Å². The average Bonchev–Trinajstić information content (AvgIpc) is 2.43. The van der Waals surface area contributed by atoms with Crippen LogP contribution in [0.25, 0.3) is 0 Å². The van der Waals surface area contributed by atoms with Gasteiger partial charge in [-0.2, -0.15) is 0 Å². The van der Waals surface area contributed by atoms with Gasteiger partial charge >= 0.3 is 6.09 Å². The number of ether oxygens (including phenoxy) is 1. The third kappa shape index (κ3) is 3.05. The van der Waals surface area contributed by atoms with Crippen molar-refractivity contribution < 1.29 is 14.3 Å². The van der Waals surface area contributed by atoms with Gasteiger partial charge < -0.3 is 4.74 Å². The molecule has 82 valence electrons. The molecule has 1 heterocycles. The predicted molar refractivity (Wildman–Crippen MR) is 64.2 cm³/mol. The summed E-state index contributed by atoms with van der Waals surface area (Å²) in [5.74, 6) is 0. The largest absolute Gasteiger partial charge is 0.443 e. The van der Waals surface area contributed by atoms with Crippen LogP contribution in [0.5, 0.6) is 0 Å². The number of nitrogens with zero attached hydrogens (tertiary/aromatic N) is 1. The predicted octanol–water partition coefficient (Wildman–Crippen LogP) is 2.69. The van der Waals surface area contributed by atoms with Gasteiger partial charge in [-0.15, -0.1) is 0 Å². The van der Waals surface area contributed by atoms with E-state index in [-0.39, 0.29) is 0 Å². The van der Waals surface area contributed by atoms with Crippen molar-refractivity contribution in [1.82, 2.24) is 4.57 Å². The lowest BCUT2D eigenvalue weighted by Gasteiger charge is -2.20. The first-order valence-electron chi connectivity index (χ1n) is 4.41. The zero-order valence-electron chi connectivity index (χ0n) is 8.78. The molecule has 1 rings (SSSR count). The Hall–Kier alpha value is -0.850. The lowest BCUT2D eigenvalue weighted by Crippen LogP contribution is -2.28. The van der Waals surface area contributed by atoms with Gasteiger partial charge in [-0.25, -0.2) is 9.36 Å². The molecule has 0 radical (unpaired) electrons. The van der Waals surface area contributed by atoms with E-state index in [2.05, 4.69) is 0 Å². The second-order valence-corrected chi connectivity index (χ2v) is 5.12. The number of hydrogen-bond donors (Lipinski definition) is 0. The lowest BCUT2D eigenvalue weighted by atomic mass is 10.2. The Morgan fingerprint density at radius 3 is 2.53 bits per heavy atom. The Balaban J connectivity index is 3.00. The van der Waals surface area contributed by atoms with Gasteiger partial charge in [-0.05, 0) is 55.5 Å². The van der Waals surface area contributed by atoms with Crippen molar-refractivity contribution in [3.05, 3.63) is 21.5 Å². The Morgan fingerprint density at radius 1 is 1.47 bits per heavy atom. The summed E-state index contributed by atoms with van der Waals surface area (Å²) in [6, 6.07) is 3.27. The Labute approximate surface area is 102 Å². The number of rotatable bonds is 1. The third-order valence-corrected chi connectivity index (χ3v) is 2.40. The molecule has 15 heavy (non-hydrogen) atoms. The van der Waals surface area contributed by atoms with E-state index >= 15 is 0 Å². The molecule has 0 fully saturated rings. The van der Waals surface area contributed by atoms with Gasteiger partial charge in [0.2, 0.25) is 0 Å². The maximum absolute atomic E-state index is 11.7. The van der Waals surface area contributed by atoms with E-state index in [0.29, 0.717) is 15.7 Å². The first-order chi connectivity index (χ1) is 6.85. The van der Waals surface area contributed by atoms with E-state index < -0.39 is 11.7 Å². The molecule has 4 nitrogen and oxygen atoms in total. The van der Waals surface area contributed by atoms with Crippen LogP contribution >= 0.6 is 22.6 Å². The molecular weight excluding hydrogens is 309 g/mol. The molecule has 0 unspecified atom stereocenters. The molecule has 0 aliphatic carbocycles. The van der Waals surface area contributed by atoms with Gasteiger partial charge in [0.05, 0.1) is 9.39 Å². The van der Waals surface area contributed by atoms with E-state index in [9.17, 15) is 9.59 Å². The van der Waals surface area contributed by atoms with Crippen molar-refractivity contribution in [2.24, 2.45) is 0 Å². The van der Waals surface area contributed by atoms with Crippen LogP contribution in [0.1, 0.15) is 31.3 Å². The number of carbonyl (C=O) groups is 2. The quantitative estimate of drug-likeness (QED) is 0.590. The third-order valence-electron chi connectivity index (χ3n) is 1.56. The van der Waals surface area contributed by atoms with Gasteiger partial charge in [0.25, 0.3) is 0 Å². The van der Waals surface area contributed by atoms with Crippen LogP contribution in [0.2, 0.25) is 0 Å². The fourth-order valence-corrected chi connectivity index (χ4v) is 1.67. The molecule has 1 aromatic rings. The summed E-state index contributed by atoms with van der Waals surface area (Å²) in [5, 5.41) is 0. The first-order valence-corrected chi connectivity index (χ1v) is 5.49. The minimum atomic E-state index is -0.565. The summed E-state index contributed by atoms with van der Waals surface area (Å²) in [4.78, 5) is 22.4. The Bertz CT molecular complexity index is 390. The average molecular weight is 321 g/mol. The van der Waals surface area contributed by atoms with E-state index in [1.807, 2.05) is 22.6 Å². The Kier molecular flexibility index (Phi) is 3.54. The molecule has 0 saturated heterocycles. The van der Waals surface area contributed by atoms with Crippen LogP contribution in [-0.4, -0.2) is 22.5 Å². The van der Waals surface area contributed by atoms with Crippen molar-refractivity contribution in [3.63, 3.8) is 0 Å². The maximum Gasteiger partial charge on any atom is 0.419 e. The van der Waals surface area contributed by atoms with Crippen LogP contribution in [0.4, 0.5) is 4.79 Å². The van der Waals surface area contributed by atoms with Crippen molar-refractivity contribution in [1.29, 1.82) is 0 Å². The summed E-state index contributed by atoms with van der Waals surface area (Å²) in [5.41, 5.74) is -0.265. The van der Waals surface area contributed by atoms with Crippen molar-refractivity contribution in [2.75, 3.05) is 0 Å². The molecule has 0 saturated carbocycles. The van der Waals surface area contributed by atoms with Crippen molar-refractivity contribution >= 4 is 35.0 Å². The molecule has 0 aliphatic rings. The topological polar surface area (TPSA) is 48.3 Å². The molecule has 1 aromatic heterocycles. The number of halogens is 1. The molecule has 0 amide bonds. The van der Waals surface area contributed by atoms with Crippen LogP contribution in [0, 0.1) is 3.70 Å². The summed E-state index contributed by atoms with van der Waals surface area (Å²) >= 11 is 1.97. The highest BCUT2D eigenvalue weighted by molar-refractivity contribution is 14.1. The van der Waals surface area contributed by atoms with E-state index in [1.54, 1.807) is 32.9 Å². The highest BCUT2D eigenvalue weighted by Gasteiger charge is 2.21. The first kappa shape index (κ1) is 12.2. The molecule has 0 aliphatic heterocycles. The molecule has 0 N–H and O–H groups in total. The Morgan fingerprint density at radius 2 is 2.07 bits per heavy atom. The molecule has 0 atom stereocenters. The fourth-order valence-electron chi connectivity index (χ4n) is 1.02. The number of hydrogen-bond acceptors (Lipinski definition) is 3. The molecule has 5 heteroatoms. The van der Waals surface area contributed by atoms with E-state index in [1.165, 1.54) is 4.57 Å². The van der Waals surface area contributed by atoms with Crippen LogP contribution in [0.15, 0.2) is 12.1 Å². The van der Waals surface area contributed by atoms with Gasteiger partial charge in [-0.3, -0.25) is 4.79 Å². The van der Waals surface area contributed by atoms with Gasteiger partial charge in [0, 0.05) is 0 Å². The molecule has 0 aromatic carbocycles. The van der Waals surface area contributed by atoms with E-state index in [4.69, 9.17) is 4.74 Å². The zero-order valence-corrected chi connectivity index (χ0v) is 10.9. The van der Waals surface area contributed by atoms with Crippen LogP contribution in [0.3, 0.4) is 0 Å². The van der Waals surface area contributed by atoms with Crippen LogP contribution in [-0.2, 0) is 4.74 Å². The van der Waals surface area contributed by atoms with Crippen molar-refractivity contribution in [2.45, 2.75) is 26.4 Å². The highest BCUT2D eigenvalue weighted by Crippen LogP contribution is 2.15. The van der Waals surface area contributed by atoms with Gasteiger partial charge in [0.15, 0.2) is 6.29 Å². The zero-order chi connectivity index (χ0) is 11.6. The summed E-state index contributed by atoms with van der Waals surface area (Å²) in [6.45, 7) is 5.34. The monoisotopic (exact) mass is 321 g/mol. The van der Waals surface area contributed by atoms with Gasteiger partial charge in [0.1, 0.15) is 5.60 Å². The minimum Gasteiger partial charge on any atom is -0.443 e. The second-order valence-electron chi connectivity index (χ2n) is 4.01. The normalized spacial score (nSPS) is 11.2. The highest BCUT2D eigenvalue weighted by atomic mass is 127. The van der Waals surface area contributed by atoms with Crippen molar-refractivity contribution in [3.8, 4) is 0 Å². The smallest absolute Gasteiger partial charge is 0.419 e. The maximum atomic E-state index is 11.7. The van der Waals surface area contributed by atoms with Crippen LogP contribution < -0.4 is 0 Å². The summed E-state index contributed by atoms with van der Waals surface area (Å²) in [6.07, 6.45) is 0.102. The number of carbonyl (C=O) groups excluding carboxylic acids is 2. The SMILES string of the molecule is CC(C)(C)OC(=O)n1c(I)ccc1C=O. The molecular formula is C10H12INO3. The minimum absolute atomic E-state index is 0.300. The standard InChI is InChI=1S/C10H12INO3/c1-10(2,3)15-9(14)12-7(6-13)4-5-8(12)11/h4-6H,1-3H3. The molecule has 0 bridgehead atoms. The second kappa shape index (κ2) is 4.34. The summed E-state index contributed by atoms with van der Waals surface area (Å²) in [7, 11) is 0. The fraction of sp³-hybridized carbons (Fsp3) is 0.400. The molecule has 0 spiro atoms. The number of aromatic nitrogens is 1. The van der Waals surface area contributed by atoms with Gasteiger partial charge in [-0.1, -0.05) is 0 Å². The summed E-state index contributed by atoms with van der Waals surface area (Å²) < 4.78 is 7.07. The number of aldehydes is 1. The lowest BCUT2D eigenvalue weighted by molar-refractivity contribution is 0.0527.